The molecule has 1 heterocycles. The molecule has 0 radical (unpaired) electrons. The summed E-state index contributed by atoms with van der Waals surface area (Å²) >= 11 is 6.05. The van der Waals surface area contributed by atoms with Crippen molar-refractivity contribution < 1.29 is 24.0 Å². The quantitative estimate of drug-likeness (QED) is 0.751. The van der Waals surface area contributed by atoms with Gasteiger partial charge in [0.05, 0.1) is 37.7 Å². The highest BCUT2D eigenvalue weighted by atomic mass is 35.5. The maximum absolute atomic E-state index is 12.2. The number of nitrogens with one attached hydrogen (secondary N) is 2. The Bertz CT molecular complexity index is 586. The van der Waals surface area contributed by atoms with Crippen LogP contribution >= 0.6 is 11.6 Å². The molecule has 1 amide bonds. The number of rotatable bonds is 6. The molecule has 0 saturated carbocycles. The van der Waals surface area contributed by atoms with Crippen LogP contribution in [0.15, 0.2) is 18.2 Å². The molecule has 1 saturated heterocycles. The van der Waals surface area contributed by atoms with E-state index in [9.17, 15) is 9.59 Å². The highest BCUT2D eigenvalue weighted by Crippen LogP contribution is 2.27. The molecule has 24 heavy (non-hydrogen) atoms. The molecule has 2 rings (SSSR count). The number of carbonyl (C=O) groups excluding carboxylic acids is 2. The lowest BCUT2D eigenvalue weighted by Crippen LogP contribution is -3.14. The Labute approximate surface area is 147 Å². The lowest BCUT2D eigenvalue weighted by atomic mass is 9.97. The van der Waals surface area contributed by atoms with Gasteiger partial charge in [-0.1, -0.05) is 11.6 Å². The molecule has 0 atom stereocenters. The normalized spacial score (nSPS) is 20.3. The lowest BCUT2D eigenvalue weighted by Gasteiger charge is -2.27. The molecule has 1 aromatic rings. The fourth-order valence-corrected chi connectivity index (χ4v) is 3.13. The molecule has 1 aliphatic heterocycles. The van der Waals surface area contributed by atoms with E-state index in [1.165, 1.54) is 4.90 Å². The molecule has 0 aliphatic carbocycles. The summed E-state index contributed by atoms with van der Waals surface area (Å²) < 4.78 is 10.1. The molecule has 1 aliphatic rings. The Morgan fingerprint density at radius 1 is 1.33 bits per heavy atom. The molecular formula is C17H24ClN2O4+. The summed E-state index contributed by atoms with van der Waals surface area (Å²) in [7, 11) is 1.54. The summed E-state index contributed by atoms with van der Waals surface area (Å²) in [6, 6.07) is 5.14. The molecule has 132 valence electrons. The van der Waals surface area contributed by atoms with Crippen LogP contribution in [0.25, 0.3) is 0 Å². The summed E-state index contributed by atoms with van der Waals surface area (Å²) in [5, 5.41) is 3.30. The predicted octanol–water partition coefficient (Wildman–Crippen LogP) is 1.15. The third-order valence-electron chi connectivity index (χ3n) is 4.16. The summed E-state index contributed by atoms with van der Waals surface area (Å²) in [5.74, 6) is 0.355. The number of amides is 1. The van der Waals surface area contributed by atoms with Crippen LogP contribution in [-0.2, 0) is 14.3 Å². The van der Waals surface area contributed by atoms with Gasteiger partial charge in [-0.15, -0.1) is 0 Å². The number of hydrogen-bond acceptors (Lipinski definition) is 4. The molecule has 0 bridgehead atoms. The number of esters is 1. The number of ether oxygens (including phenoxy) is 2. The maximum atomic E-state index is 12.2. The van der Waals surface area contributed by atoms with Crippen molar-refractivity contribution in [2.24, 2.45) is 5.92 Å². The number of methoxy groups -OCH3 is 1. The van der Waals surface area contributed by atoms with Gasteiger partial charge in [0.2, 0.25) is 0 Å². The zero-order valence-electron chi connectivity index (χ0n) is 14.1. The number of likely N-dealkylation sites (tertiary alicyclic amines) is 1. The number of carbonyl (C=O) groups is 2. The second kappa shape index (κ2) is 8.89. The van der Waals surface area contributed by atoms with Crippen molar-refractivity contribution in [2.75, 3.05) is 38.7 Å². The third kappa shape index (κ3) is 5.11. The zero-order chi connectivity index (χ0) is 17.5. The Morgan fingerprint density at radius 2 is 2.04 bits per heavy atom. The first-order valence-corrected chi connectivity index (χ1v) is 8.54. The Kier molecular flexibility index (Phi) is 6.87. The molecule has 7 heteroatoms. The van der Waals surface area contributed by atoms with E-state index in [1.54, 1.807) is 25.3 Å². The second-order valence-electron chi connectivity index (χ2n) is 5.85. The Hall–Kier alpha value is -1.79. The van der Waals surface area contributed by atoms with E-state index in [1.807, 2.05) is 6.92 Å². The van der Waals surface area contributed by atoms with Crippen LogP contribution in [0.3, 0.4) is 0 Å². The molecule has 2 N–H and O–H groups in total. The van der Waals surface area contributed by atoms with Crippen LogP contribution in [-0.4, -0.2) is 45.2 Å². The van der Waals surface area contributed by atoms with E-state index >= 15 is 0 Å². The van der Waals surface area contributed by atoms with Gasteiger partial charge in [-0.25, -0.2) is 0 Å². The minimum atomic E-state index is -0.117. The van der Waals surface area contributed by atoms with Gasteiger partial charge in [-0.3, -0.25) is 9.59 Å². The van der Waals surface area contributed by atoms with Crippen LogP contribution in [0.4, 0.5) is 5.69 Å². The fourth-order valence-electron chi connectivity index (χ4n) is 2.88. The van der Waals surface area contributed by atoms with Crippen LogP contribution < -0.4 is 15.0 Å². The van der Waals surface area contributed by atoms with Crippen molar-refractivity contribution in [3.63, 3.8) is 0 Å². The zero-order valence-corrected chi connectivity index (χ0v) is 14.8. The van der Waals surface area contributed by atoms with E-state index in [0.29, 0.717) is 29.6 Å². The van der Waals surface area contributed by atoms with Gasteiger partial charge in [0.25, 0.3) is 5.91 Å². The van der Waals surface area contributed by atoms with Crippen molar-refractivity contribution in [3.05, 3.63) is 23.2 Å². The highest BCUT2D eigenvalue weighted by Gasteiger charge is 2.29. The predicted molar refractivity (Wildman–Crippen MR) is 91.6 cm³/mol. The van der Waals surface area contributed by atoms with Crippen molar-refractivity contribution in [3.8, 4) is 5.75 Å². The topological polar surface area (TPSA) is 69.1 Å². The Morgan fingerprint density at radius 3 is 2.62 bits per heavy atom. The summed E-state index contributed by atoms with van der Waals surface area (Å²) in [5.41, 5.74) is 0.645. The first-order chi connectivity index (χ1) is 11.5. The average molecular weight is 356 g/mol. The minimum absolute atomic E-state index is 0.0304. The molecule has 6 nitrogen and oxygen atoms in total. The monoisotopic (exact) mass is 355 g/mol. The van der Waals surface area contributed by atoms with Crippen molar-refractivity contribution >= 4 is 29.2 Å². The number of quaternary nitrogens is 1. The smallest absolute Gasteiger partial charge is 0.309 e. The number of halogens is 1. The van der Waals surface area contributed by atoms with Gasteiger partial charge >= 0.3 is 5.97 Å². The highest BCUT2D eigenvalue weighted by molar-refractivity contribution is 6.32. The molecule has 0 spiro atoms. The number of piperidine rings is 1. The largest absolute Gasteiger partial charge is 0.495 e. The summed E-state index contributed by atoms with van der Waals surface area (Å²) in [6.07, 6.45) is 1.52. The first-order valence-electron chi connectivity index (χ1n) is 8.17. The fraction of sp³-hybridized carbons (Fsp3) is 0.529. The molecule has 1 fully saturated rings. The number of benzene rings is 1. The average Bonchev–Trinajstić information content (AvgIpc) is 2.56. The van der Waals surface area contributed by atoms with Crippen molar-refractivity contribution in [1.82, 2.24) is 0 Å². The van der Waals surface area contributed by atoms with Crippen LogP contribution in [0.1, 0.15) is 19.8 Å². The van der Waals surface area contributed by atoms with Crippen molar-refractivity contribution in [2.45, 2.75) is 19.8 Å². The van der Waals surface area contributed by atoms with Crippen LogP contribution in [0.2, 0.25) is 5.02 Å². The number of anilines is 1. The minimum Gasteiger partial charge on any atom is -0.495 e. The first kappa shape index (κ1) is 18.5. The third-order valence-corrected chi connectivity index (χ3v) is 4.45. The molecule has 1 aromatic carbocycles. The van der Waals surface area contributed by atoms with E-state index in [4.69, 9.17) is 21.1 Å². The van der Waals surface area contributed by atoms with Gasteiger partial charge < -0.3 is 19.7 Å². The molecule has 0 unspecified atom stereocenters. The maximum Gasteiger partial charge on any atom is 0.309 e. The van der Waals surface area contributed by atoms with E-state index in [2.05, 4.69) is 5.32 Å². The SMILES string of the molecule is CCOC(=O)C1CC[NH+](CC(=O)Nc2ccc(OC)c(Cl)c2)CC1. The molecule has 0 aromatic heterocycles. The standard InChI is InChI=1S/C17H23ClN2O4/c1-3-24-17(22)12-6-8-20(9-7-12)11-16(21)19-13-4-5-15(23-2)14(18)10-13/h4-5,10,12H,3,6-9,11H2,1-2H3,(H,19,21)/p+1. The van der Waals surface area contributed by atoms with Crippen LogP contribution in [0.5, 0.6) is 5.75 Å². The lowest BCUT2D eigenvalue weighted by molar-refractivity contribution is -0.897. The summed E-state index contributed by atoms with van der Waals surface area (Å²) in [4.78, 5) is 25.1. The van der Waals surface area contributed by atoms with Gasteiger partial charge in [0, 0.05) is 18.5 Å². The van der Waals surface area contributed by atoms with Gasteiger partial charge in [-0.05, 0) is 25.1 Å². The van der Waals surface area contributed by atoms with E-state index in [-0.39, 0.29) is 17.8 Å². The van der Waals surface area contributed by atoms with Gasteiger partial charge in [0.1, 0.15) is 5.75 Å². The Balaban J connectivity index is 1.79. The van der Waals surface area contributed by atoms with Crippen molar-refractivity contribution in [1.29, 1.82) is 0 Å². The van der Waals surface area contributed by atoms with Gasteiger partial charge in [0.15, 0.2) is 6.54 Å². The van der Waals surface area contributed by atoms with Gasteiger partial charge in [-0.2, -0.15) is 0 Å². The molecular weight excluding hydrogens is 332 g/mol. The van der Waals surface area contributed by atoms with E-state index < -0.39 is 0 Å². The number of hydrogen-bond donors (Lipinski definition) is 2. The van der Waals surface area contributed by atoms with E-state index in [0.717, 1.165) is 25.9 Å². The van der Waals surface area contributed by atoms with Crippen LogP contribution in [0, 0.1) is 5.92 Å². The second-order valence-corrected chi connectivity index (χ2v) is 6.26. The summed E-state index contributed by atoms with van der Waals surface area (Å²) in [6.45, 7) is 4.19.